The van der Waals surface area contributed by atoms with Crippen LogP contribution in [0.5, 0.6) is 11.5 Å². The number of rotatable bonds is 6. The van der Waals surface area contributed by atoms with E-state index in [1.54, 1.807) is 12.1 Å². The molecule has 1 heterocycles. The van der Waals surface area contributed by atoms with Crippen molar-refractivity contribution < 1.29 is 28.2 Å². The fraction of sp³-hybridized carbons (Fsp3) is 0.316. The Bertz CT molecular complexity index is 753. The number of carboxylic acids is 1. The first kappa shape index (κ1) is 21.1. The molecule has 0 bridgehead atoms. The Morgan fingerprint density at radius 1 is 1.15 bits per heavy atom. The third-order valence-electron chi connectivity index (χ3n) is 4.12. The highest BCUT2D eigenvalue weighted by atomic mass is 35.5. The molecule has 1 aliphatic heterocycles. The van der Waals surface area contributed by atoms with Crippen LogP contribution in [0, 0.1) is 11.6 Å². The molecule has 1 atom stereocenters. The molecule has 0 radical (unpaired) electrons. The van der Waals surface area contributed by atoms with Crippen LogP contribution in [0.3, 0.4) is 0 Å². The van der Waals surface area contributed by atoms with Gasteiger partial charge in [-0.05, 0) is 17.7 Å². The second-order valence-electron chi connectivity index (χ2n) is 6.08. The van der Waals surface area contributed by atoms with E-state index < -0.39 is 17.6 Å². The number of hydrogen-bond donors (Lipinski definition) is 1. The molecule has 1 aliphatic rings. The number of hydrogen-bond acceptors (Lipinski definition) is 4. The highest BCUT2D eigenvalue weighted by Crippen LogP contribution is 2.27. The van der Waals surface area contributed by atoms with Gasteiger partial charge >= 0.3 is 5.97 Å². The number of carbonyl (C=O) groups is 1. The number of aliphatic carboxylic acids is 1. The van der Waals surface area contributed by atoms with Gasteiger partial charge < -0.3 is 14.6 Å². The van der Waals surface area contributed by atoms with Crippen LogP contribution in [0.2, 0.25) is 0 Å². The zero-order valence-electron chi connectivity index (χ0n) is 14.4. The molecule has 27 heavy (non-hydrogen) atoms. The van der Waals surface area contributed by atoms with E-state index in [9.17, 15) is 13.6 Å². The van der Waals surface area contributed by atoms with E-state index in [-0.39, 0.29) is 30.7 Å². The molecule has 0 saturated carbocycles. The minimum Gasteiger partial charge on any atom is -0.481 e. The van der Waals surface area contributed by atoms with Gasteiger partial charge in [-0.3, -0.25) is 9.69 Å². The first-order valence-electron chi connectivity index (χ1n) is 8.29. The lowest BCUT2D eigenvalue weighted by Gasteiger charge is -2.32. The molecule has 0 aliphatic carbocycles. The predicted octanol–water partition coefficient (Wildman–Crippen LogP) is 4.03. The van der Waals surface area contributed by atoms with Crippen molar-refractivity contribution in [1.29, 1.82) is 0 Å². The molecular formula is C19H20ClF2NO4. The Kier molecular flexibility index (Phi) is 7.53. The first-order chi connectivity index (χ1) is 12.5. The summed E-state index contributed by atoms with van der Waals surface area (Å²) >= 11 is 0. The lowest BCUT2D eigenvalue weighted by atomic mass is 10.1. The van der Waals surface area contributed by atoms with Crippen molar-refractivity contribution in [1.82, 2.24) is 4.90 Å². The van der Waals surface area contributed by atoms with Crippen molar-refractivity contribution in [2.75, 3.05) is 26.2 Å². The largest absolute Gasteiger partial charge is 0.481 e. The van der Waals surface area contributed by atoms with Gasteiger partial charge in [0.05, 0.1) is 19.1 Å². The zero-order valence-corrected chi connectivity index (χ0v) is 15.3. The third-order valence-corrected chi connectivity index (χ3v) is 4.12. The second kappa shape index (κ2) is 9.64. The van der Waals surface area contributed by atoms with Crippen LogP contribution >= 0.6 is 12.4 Å². The van der Waals surface area contributed by atoms with Gasteiger partial charge in [0.2, 0.25) is 0 Å². The highest BCUT2D eigenvalue weighted by Gasteiger charge is 2.22. The zero-order chi connectivity index (χ0) is 18.5. The van der Waals surface area contributed by atoms with E-state index in [0.717, 1.165) is 23.8 Å². The fourth-order valence-electron chi connectivity index (χ4n) is 2.84. The van der Waals surface area contributed by atoms with Gasteiger partial charge in [-0.25, -0.2) is 8.78 Å². The Morgan fingerprint density at radius 3 is 2.44 bits per heavy atom. The summed E-state index contributed by atoms with van der Waals surface area (Å²) in [4.78, 5) is 12.8. The summed E-state index contributed by atoms with van der Waals surface area (Å²) < 4.78 is 37.7. The summed E-state index contributed by atoms with van der Waals surface area (Å²) in [6, 6.07) is 10.1. The van der Waals surface area contributed by atoms with Crippen LogP contribution < -0.4 is 4.74 Å². The van der Waals surface area contributed by atoms with Gasteiger partial charge in [0.1, 0.15) is 23.1 Å². The number of nitrogens with zero attached hydrogens (tertiary/aromatic N) is 1. The smallest absolute Gasteiger partial charge is 0.304 e. The number of halogens is 3. The summed E-state index contributed by atoms with van der Waals surface area (Å²) in [5.74, 6) is -1.67. The molecule has 0 spiro atoms. The van der Waals surface area contributed by atoms with Crippen LogP contribution in [-0.2, 0) is 9.53 Å². The number of ether oxygens (including phenoxy) is 2. The van der Waals surface area contributed by atoms with Gasteiger partial charge in [-0.15, -0.1) is 12.4 Å². The maximum Gasteiger partial charge on any atom is 0.304 e. The van der Waals surface area contributed by atoms with Crippen molar-refractivity contribution in [3.8, 4) is 11.5 Å². The van der Waals surface area contributed by atoms with Gasteiger partial charge in [-0.2, -0.15) is 0 Å². The molecule has 1 saturated heterocycles. The second-order valence-corrected chi connectivity index (χ2v) is 6.08. The number of benzene rings is 2. The van der Waals surface area contributed by atoms with Gasteiger partial charge in [-0.1, -0.05) is 12.1 Å². The van der Waals surface area contributed by atoms with E-state index in [2.05, 4.69) is 4.90 Å². The van der Waals surface area contributed by atoms with Crippen LogP contribution in [-0.4, -0.2) is 42.2 Å². The summed E-state index contributed by atoms with van der Waals surface area (Å²) in [5.41, 5.74) is 0.933. The van der Waals surface area contributed by atoms with Gasteiger partial charge in [0.15, 0.2) is 0 Å². The van der Waals surface area contributed by atoms with Crippen molar-refractivity contribution in [3.05, 3.63) is 59.7 Å². The fourth-order valence-corrected chi connectivity index (χ4v) is 2.84. The number of morpholine rings is 1. The third kappa shape index (κ3) is 6.16. The quantitative estimate of drug-likeness (QED) is 0.794. The molecule has 0 aromatic heterocycles. The van der Waals surface area contributed by atoms with Crippen molar-refractivity contribution in [3.63, 3.8) is 0 Å². The maximum atomic E-state index is 13.2. The molecule has 2 aromatic rings. The van der Waals surface area contributed by atoms with Crippen LogP contribution in [0.1, 0.15) is 18.1 Å². The Labute approximate surface area is 161 Å². The summed E-state index contributed by atoms with van der Waals surface area (Å²) in [7, 11) is 0. The molecule has 0 amide bonds. The molecule has 146 valence electrons. The van der Waals surface area contributed by atoms with Gasteiger partial charge in [0, 0.05) is 37.8 Å². The Hall–Kier alpha value is -2.22. The lowest BCUT2D eigenvalue weighted by Crippen LogP contribution is -2.39. The summed E-state index contributed by atoms with van der Waals surface area (Å²) in [5, 5.41) is 8.79. The summed E-state index contributed by atoms with van der Waals surface area (Å²) in [6.07, 6.45) is -0.0536. The van der Waals surface area contributed by atoms with Crippen LogP contribution in [0.4, 0.5) is 8.78 Å². The SMILES string of the molecule is Cl.O=C(O)CCN1CCOC(c2ccc(Oc3cc(F)cc(F)c3)cc2)C1. The van der Waals surface area contributed by atoms with Crippen molar-refractivity contribution in [2.45, 2.75) is 12.5 Å². The normalized spacial score (nSPS) is 17.2. The molecule has 1 N–H and O–H groups in total. The summed E-state index contributed by atoms with van der Waals surface area (Å²) in [6.45, 7) is 2.34. The maximum absolute atomic E-state index is 13.2. The molecule has 8 heteroatoms. The molecule has 1 fully saturated rings. The lowest BCUT2D eigenvalue weighted by molar-refractivity contribution is -0.137. The Morgan fingerprint density at radius 2 is 1.81 bits per heavy atom. The van der Waals surface area contributed by atoms with E-state index >= 15 is 0 Å². The van der Waals surface area contributed by atoms with E-state index in [0.29, 0.717) is 32.0 Å². The van der Waals surface area contributed by atoms with E-state index in [1.165, 1.54) is 0 Å². The molecule has 3 rings (SSSR count). The predicted molar refractivity (Wildman–Crippen MR) is 97.5 cm³/mol. The molecule has 5 nitrogen and oxygen atoms in total. The van der Waals surface area contributed by atoms with Gasteiger partial charge in [0.25, 0.3) is 0 Å². The minimum absolute atomic E-state index is 0. The first-order valence-corrected chi connectivity index (χ1v) is 8.29. The Balaban J connectivity index is 0.00000261. The standard InChI is InChI=1S/C19H19F2NO4.ClH/c20-14-9-15(21)11-17(10-14)26-16-3-1-13(2-4-16)18-12-22(7-8-25-18)6-5-19(23)24;/h1-4,9-11,18H,5-8,12H2,(H,23,24);1H. The average Bonchev–Trinajstić information content (AvgIpc) is 2.60. The van der Waals surface area contributed by atoms with Crippen LogP contribution in [0.25, 0.3) is 0 Å². The monoisotopic (exact) mass is 399 g/mol. The van der Waals surface area contributed by atoms with Crippen LogP contribution in [0.15, 0.2) is 42.5 Å². The average molecular weight is 400 g/mol. The topological polar surface area (TPSA) is 59.0 Å². The molecule has 1 unspecified atom stereocenters. The van der Waals surface area contributed by atoms with E-state index in [4.69, 9.17) is 14.6 Å². The van der Waals surface area contributed by atoms with Crippen molar-refractivity contribution in [2.24, 2.45) is 0 Å². The van der Waals surface area contributed by atoms with E-state index in [1.807, 2.05) is 12.1 Å². The minimum atomic E-state index is -0.816. The molecular weight excluding hydrogens is 380 g/mol. The van der Waals surface area contributed by atoms with Crippen molar-refractivity contribution >= 4 is 18.4 Å². The molecule has 2 aromatic carbocycles. The highest BCUT2D eigenvalue weighted by molar-refractivity contribution is 5.85. The number of carboxylic acid groups (broad SMARTS) is 1.